The highest BCUT2D eigenvalue weighted by Crippen LogP contribution is 2.18. The van der Waals surface area contributed by atoms with Gasteiger partial charge in [-0.3, -0.25) is 14.5 Å². The zero-order valence-corrected chi connectivity index (χ0v) is 15.7. The molecule has 2 N–H and O–H groups in total. The molecule has 0 spiro atoms. The van der Waals surface area contributed by atoms with Crippen molar-refractivity contribution in [3.63, 3.8) is 0 Å². The number of likely N-dealkylation sites (tertiary alicyclic amines) is 1. The molecule has 1 aliphatic heterocycles. The van der Waals surface area contributed by atoms with Gasteiger partial charge in [-0.25, -0.2) is 4.39 Å². The summed E-state index contributed by atoms with van der Waals surface area (Å²) in [5.74, 6) is -0.0715. The Morgan fingerprint density at radius 1 is 1.27 bits per heavy atom. The van der Waals surface area contributed by atoms with Gasteiger partial charge in [0.25, 0.3) is 5.91 Å². The van der Waals surface area contributed by atoms with Crippen LogP contribution < -0.4 is 15.4 Å². The van der Waals surface area contributed by atoms with Crippen LogP contribution in [0.4, 0.5) is 4.39 Å². The fourth-order valence-electron chi connectivity index (χ4n) is 3.07. The van der Waals surface area contributed by atoms with Gasteiger partial charge in [-0.1, -0.05) is 0 Å². The number of nitrogens with one attached hydrogen (secondary N) is 2. The van der Waals surface area contributed by atoms with Crippen molar-refractivity contribution in [1.29, 1.82) is 0 Å². The van der Waals surface area contributed by atoms with E-state index in [9.17, 15) is 14.0 Å². The van der Waals surface area contributed by atoms with Crippen molar-refractivity contribution in [2.45, 2.75) is 32.7 Å². The molecule has 144 valence electrons. The molecule has 0 aliphatic carbocycles. The van der Waals surface area contributed by atoms with Crippen LogP contribution in [0.15, 0.2) is 18.2 Å². The molecule has 1 fully saturated rings. The maximum Gasteiger partial charge on any atom is 0.251 e. The SMILES string of the molecule is COc1cc(F)cc(C(=O)NCC2CCN(CC(=O)NC(C)C)CC2)c1. The number of benzene rings is 1. The van der Waals surface area contributed by atoms with Crippen molar-refractivity contribution in [3.8, 4) is 5.75 Å². The van der Waals surface area contributed by atoms with E-state index in [1.54, 1.807) is 0 Å². The van der Waals surface area contributed by atoms with Crippen molar-refractivity contribution < 1.29 is 18.7 Å². The Balaban J connectivity index is 1.75. The van der Waals surface area contributed by atoms with E-state index in [1.165, 1.54) is 25.3 Å². The van der Waals surface area contributed by atoms with Crippen LogP contribution in [0, 0.1) is 11.7 Å². The first-order chi connectivity index (χ1) is 12.4. The normalized spacial score (nSPS) is 15.7. The highest BCUT2D eigenvalue weighted by Gasteiger charge is 2.21. The summed E-state index contributed by atoms with van der Waals surface area (Å²) in [5, 5.41) is 5.76. The molecule has 2 rings (SSSR count). The minimum atomic E-state index is -0.498. The maximum absolute atomic E-state index is 13.5. The smallest absolute Gasteiger partial charge is 0.251 e. The van der Waals surface area contributed by atoms with Crippen LogP contribution in [-0.4, -0.2) is 56.0 Å². The molecule has 7 heteroatoms. The van der Waals surface area contributed by atoms with Crippen LogP contribution in [0.1, 0.15) is 37.0 Å². The number of hydrogen-bond donors (Lipinski definition) is 2. The van der Waals surface area contributed by atoms with Gasteiger partial charge in [0.15, 0.2) is 0 Å². The number of carbonyl (C=O) groups is 2. The van der Waals surface area contributed by atoms with Gasteiger partial charge in [0.05, 0.1) is 13.7 Å². The quantitative estimate of drug-likeness (QED) is 0.773. The lowest BCUT2D eigenvalue weighted by Crippen LogP contribution is -2.44. The van der Waals surface area contributed by atoms with Gasteiger partial charge in [-0.05, 0) is 57.8 Å². The Bertz CT molecular complexity index is 628. The molecule has 6 nitrogen and oxygen atoms in total. The fourth-order valence-corrected chi connectivity index (χ4v) is 3.07. The van der Waals surface area contributed by atoms with Gasteiger partial charge >= 0.3 is 0 Å². The summed E-state index contributed by atoms with van der Waals surface area (Å²) in [4.78, 5) is 26.2. The summed E-state index contributed by atoms with van der Waals surface area (Å²) in [6.07, 6.45) is 1.84. The van der Waals surface area contributed by atoms with E-state index in [0.717, 1.165) is 25.9 Å². The van der Waals surface area contributed by atoms with E-state index in [-0.39, 0.29) is 23.4 Å². The van der Waals surface area contributed by atoms with Gasteiger partial charge < -0.3 is 15.4 Å². The summed E-state index contributed by atoms with van der Waals surface area (Å²) in [5.41, 5.74) is 0.254. The molecule has 1 heterocycles. The molecular weight excluding hydrogens is 337 g/mol. The summed E-state index contributed by atoms with van der Waals surface area (Å²) >= 11 is 0. The first-order valence-corrected chi connectivity index (χ1v) is 9.02. The van der Waals surface area contributed by atoms with Crippen LogP contribution in [0.3, 0.4) is 0 Å². The van der Waals surface area contributed by atoms with Gasteiger partial charge in [0.1, 0.15) is 11.6 Å². The number of carbonyl (C=O) groups excluding carboxylic acids is 2. The number of methoxy groups -OCH3 is 1. The van der Waals surface area contributed by atoms with Gasteiger partial charge in [0.2, 0.25) is 5.91 Å². The third kappa shape index (κ3) is 6.29. The summed E-state index contributed by atoms with van der Waals surface area (Å²) in [7, 11) is 1.44. The molecule has 2 amide bonds. The van der Waals surface area contributed by atoms with Crippen molar-refractivity contribution in [2.75, 3.05) is 33.3 Å². The predicted octanol–water partition coefficient (Wildman–Crippen LogP) is 1.80. The predicted molar refractivity (Wildman–Crippen MR) is 97.7 cm³/mol. The van der Waals surface area contributed by atoms with Crippen LogP contribution in [0.2, 0.25) is 0 Å². The Labute approximate surface area is 154 Å². The van der Waals surface area contributed by atoms with E-state index in [1.807, 2.05) is 13.8 Å². The highest BCUT2D eigenvalue weighted by molar-refractivity contribution is 5.94. The van der Waals surface area contributed by atoms with Crippen LogP contribution in [-0.2, 0) is 4.79 Å². The second-order valence-electron chi connectivity index (χ2n) is 7.03. The first kappa shape index (κ1) is 20.2. The Morgan fingerprint density at radius 2 is 1.96 bits per heavy atom. The van der Waals surface area contributed by atoms with Crippen molar-refractivity contribution in [2.24, 2.45) is 5.92 Å². The molecule has 0 radical (unpaired) electrons. The molecule has 1 aliphatic rings. The zero-order chi connectivity index (χ0) is 19.1. The number of amides is 2. The first-order valence-electron chi connectivity index (χ1n) is 9.02. The summed E-state index contributed by atoms with van der Waals surface area (Å²) in [6, 6.07) is 4.11. The molecule has 0 bridgehead atoms. The average Bonchev–Trinajstić information content (AvgIpc) is 2.59. The number of nitrogens with zero attached hydrogens (tertiary/aromatic N) is 1. The molecule has 1 aromatic rings. The van der Waals surface area contributed by atoms with E-state index >= 15 is 0 Å². The lowest BCUT2D eigenvalue weighted by molar-refractivity contribution is -0.123. The molecule has 26 heavy (non-hydrogen) atoms. The molecule has 0 atom stereocenters. The zero-order valence-electron chi connectivity index (χ0n) is 15.7. The molecule has 1 saturated heterocycles. The lowest BCUT2D eigenvalue weighted by Gasteiger charge is -2.31. The largest absolute Gasteiger partial charge is 0.497 e. The molecule has 1 aromatic carbocycles. The summed E-state index contributed by atoms with van der Waals surface area (Å²) < 4.78 is 18.5. The van der Waals surface area contributed by atoms with Crippen molar-refractivity contribution >= 4 is 11.8 Å². The molecule has 0 aromatic heterocycles. The van der Waals surface area contributed by atoms with E-state index in [4.69, 9.17) is 4.74 Å². The topological polar surface area (TPSA) is 70.7 Å². The number of piperidine rings is 1. The second kappa shape index (κ2) is 9.52. The van der Waals surface area contributed by atoms with Gasteiger partial charge in [-0.2, -0.15) is 0 Å². The number of rotatable bonds is 7. The third-order valence-electron chi connectivity index (χ3n) is 4.44. The standard InChI is InChI=1S/C19H28FN3O3/c1-13(2)22-18(24)12-23-6-4-14(5-7-23)11-21-19(25)15-8-16(20)10-17(9-15)26-3/h8-10,13-14H,4-7,11-12H2,1-3H3,(H,21,25)(H,22,24). The summed E-state index contributed by atoms with van der Waals surface area (Å²) in [6.45, 7) is 6.52. The maximum atomic E-state index is 13.5. The van der Waals surface area contributed by atoms with E-state index in [0.29, 0.717) is 24.8 Å². The lowest BCUT2D eigenvalue weighted by atomic mass is 9.96. The minimum Gasteiger partial charge on any atom is -0.497 e. The third-order valence-corrected chi connectivity index (χ3v) is 4.44. The monoisotopic (exact) mass is 365 g/mol. The Hall–Kier alpha value is -2.15. The highest BCUT2D eigenvalue weighted by atomic mass is 19.1. The van der Waals surface area contributed by atoms with Crippen LogP contribution in [0.5, 0.6) is 5.75 Å². The van der Waals surface area contributed by atoms with Crippen molar-refractivity contribution in [3.05, 3.63) is 29.6 Å². The minimum absolute atomic E-state index is 0.0480. The Morgan fingerprint density at radius 3 is 2.58 bits per heavy atom. The molecule has 0 saturated carbocycles. The molecular formula is C19H28FN3O3. The van der Waals surface area contributed by atoms with Crippen molar-refractivity contribution in [1.82, 2.24) is 15.5 Å². The molecule has 0 unspecified atom stereocenters. The van der Waals surface area contributed by atoms with Crippen LogP contribution >= 0.6 is 0 Å². The second-order valence-corrected chi connectivity index (χ2v) is 7.03. The average molecular weight is 365 g/mol. The number of ether oxygens (including phenoxy) is 1. The van der Waals surface area contributed by atoms with E-state index < -0.39 is 5.82 Å². The fraction of sp³-hybridized carbons (Fsp3) is 0.579. The van der Waals surface area contributed by atoms with Gasteiger partial charge in [-0.15, -0.1) is 0 Å². The number of hydrogen-bond acceptors (Lipinski definition) is 4. The van der Waals surface area contributed by atoms with Gasteiger partial charge in [0, 0.05) is 24.2 Å². The van der Waals surface area contributed by atoms with E-state index in [2.05, 4.69) is 15.5 Å². The number of halogens is 1. The van der Waals surface area contributed by atoms with Crippen LogP contribution in [0.25, 0.3) is 0 Å². The Kier molecular flexibility index (Phi) is 7.38.